The summed E-state index contributed by atoms with van der Waals surface area (Å²) in [5.74, 6) is -0.848. The summed E-state index contributed by atoms with van der Waals surface area (Å²) in [6.45, 7) is 12.3. The fourth-order valence-electron chi connectivity index (χ4n) is 5.62. The first-order chi connectivity index (χ1) is 14.4. The number of hydrogen-bond acceptors (Lipinski definition) is 5. The molecule has 2 N–H and O–H groups in total. The number of Topliss-reactive ketones (excluding diaryl/α,β-unsaturated/α-hetero) is 2. The molecule has 5 nitrogen and oxygen atoms in total. The zero-order chi connectivity index (χ0) is 22.9. The number of fused-ring (bicyclic) bond motifs is 3. The molecule has 4 atom stereocenters. The molecular weight excluding hydrogens is 392 g/mol. The van der Waals surface area contributed by atoms with Gasteiger partial charge in [0.05, 0.1) is 5.56 Å². The van der Waals surface area contributed by atoms with Gasteiger partial charge in [-0.25, -0.2) is 0 Å². The lowest BCUT2D eigenvalue weighted by Gasteiger charge is -2.33. The van der Waals surface area contributed by atoms with E-state index in [0.29, 0.717) is 23.7 Å². The van der Waals surface area contributed by atoms with E-state index in [9.17, 15) is 19.8 Å². The Morgan fingerprint density at radius 3 is 2.52 bits per heavy atom. The highest BCUT2D eigenvalue weighted by molar-refractivity contribution is 6.52. The molecule has 1 heterocycles. The highest BCUT2D eigenvalue weighted by atomic mass is 16.5. The number of phenolic OH excluding ortho intramolecular Hbond substituents is 1. The molecule has 1 aliphatic heterocycles. The summed E-state index contributed by atoms with van der Waals surface area (Å²) in [5.41, 5.74) is 1.83. The van der Waals surface area contributed by atoms with Gasteiger partial charge in [-0.1, -0.05) is 38.8 Å². The highest BCUT2D eigenvalue weighted by Gasteiger charge is 2.48. The molecule has 4 rings (SSSR count). The minimum Gasteiger partial charge on any atom is -0.507 e. The average molecular weight is 425 g/mol. The molecule has 166 valence electrons. The fraction of sp³-hybridized carbons (Fsp3) is 0.538. The molecule has 0 spiro atoms. The van der Waals surface area contributed by atoms with Crippen LogP contribution in [-0.2, 0) is 10.2 Å². The predicted octanol–water partition coefficient (Wildman–Crippen LogP) is 5.65. The van der Waals surface area contributed by atoms with Crippen LogP contribution in [0.2, 0.25) is 0 Å². The molecule has 0 amide bonds. The van der Waals surface area contributed by atoms with Gasteiger partial charge in [-0.15, -0.1) is 0 Å². The summed E-state index contributed by atoms with van der Waals surface area (Å²) in [7, 11) is 0. The number of rotatable bonds is 3. The van der Waals surface area contributed by atoms with Gasteiger partial charge in [0.15, 0.2) is 0 Å². The van der Waals surface area contributed by atoms with Crippen molar-refractivity contribution in [3.63, 3.8) is 0 Å². The van der Waals surface area contributed by atoms with E-state index in [1.54, 1.807) is 0 Å². The van der Waals surface area contributed by atoms with Crippen LogP contribution in [0.15, 0.2) is 23.3 Å². The van der Waals surface area contributed by atoms with E-state index < -0.39 is 17.0 Å². The van der Waals surface area contributed by atoms with E-state index in [1.807, 2.05) is 13.8 Å². The van der Waals surface area contributed by atoms with Crippen LogP contribution in [-0.4, -0.2) is 27.9 Å². The van der Waals surface area contributed by atoms with E-state index in [4.69, 9.17) is 4.74 Å². The van der Waals surface area contributed by atoms with Gasteiger partial charge in [0, 0.05) is 22.1 Å². The topological polar surface area (TPSA) is 83.8 Å². The van der Waals surface area contributed by atoms with Crippen LogP contribution in [0.3, 0.4) is 0 Å². The molecule has 5 heteroatoms. The van der Waals surface area contributed by atoms with E-state index in [0.717, 1.165) is 0 Å². The smallest absolute Gasteiger partial charge is 0.234 e. The van der Waals surface area contributed by atoms with Crippen molar-refractivity contribution < 1.29 is 24.5 Å². The van der Waals surface area contributed by atoms with Crippen LogP contribution in [0, 0.1) is 11.3 Å². The van der Waals surface area contributed by atoms with Crippen molar-refractivity contribution in [1.82, 2.24) is 0 Å². The van der Waals surface area contributed by atoms with Crippen molar-refractivity contribution in [1.29, 1.82) is 0 Å². The molecular formula is C26H32O5. The summed E-state index contributed by atoms with van der Waals surface area (Å²) in [6, 6.07) is 1.31. The van der Waals surface area contributed by atoms with E-state index in [2.05, 4.69) is 26.8 Å². The standard InChI is InChI=1S/C26H32O5/c1-13-8-7-10-25(13,5)14(2)9-11-26(6)16(4)31-24-19-17(12-18(27)20(24)26)23(30)22(29)15(3)21(19)28/h9,12-13,16,27-28H,7-8,10-11H2,1-6H3/b14-9+/t13?,16-,25?,26-/m1/s1. The van der Waals surface area contributed by atoms with E-state index in [1.165, 1.54) is 37.8 Å². The number of ketones is 2. The van der Waals surface area contributed by atoms with Gasteiger partial charge in [-0.05, 0) is 57.4 Å². The molecule has 0 radical (unpaired) electrons. The zero-order valence-electron chi connectivity index (χ0n) is 19.3. The predicted molar refractivity (Wildman–Crippen MR) is 120 cm³/mol. The van der Waals surface area contributed by atoms with Gasteiger partial charge < -0.3 is 14.9 Å². The monoisotopic (exact) mass is 424 g/mol. The summed E-state index contributed by atoms with van der Waals surface area (Å²) in [4.78, 5) is 24.7. The largest absolute Gasteiger partial charge is 0.507 e. The van der Waals surface area contributed by atoms with Gasteiger partial charge in [0.25, 0.3) is 0 Å². The molecule has 2 aliphatic carbocycles. The van der Waals surface area contributed by atoms with Gasteiger partial charge >= 0.3 is 0 Å². The Morgan fingerprint density at radius 1 is 1.23 bits per heavy atom. The number of hydrogen-bond donors (Lipinski definition) is 2. The van der Waals surface area contributed by atoms with Crippen molar-refractivity contribution in [3.05, 3.63) is 40.0 Å². The fourth-order valence-corrected chi connectivity index (χ4v) is 5.62. The van der Waals surface area contributed by atoms with Crippen molar-refractivity contribution in [2.75, 3.05) is 0 Å². The summed E-state index contributed by atoms with van der Waals surface area (Å²) in [5, 5.41) is 21.6. The third-order valence-corrected chi connectivity index (χ3v) is 8.56. The van der Waals surface area contributed by atoms with Crippen LogP contribution in [0.25, 0.3) is 5.76 Å². The number of aliphatic hydroxyl groups is 1. The number of carbonyl (C=O) groups excluding carboxylic acids is 2. The Hall–Kier alpha value is -2.56. The molecule has 2 unspecified atom stereocenters. The normalized spacial score (nSPS) is 32.9. The number of allylic oxidation sites excluding steroid dienone is 3. The Morgan fingerprint density at radius 2 is 1.90 bits per heavy atom. The Labute approximate surface area is 183 Å². The minimum absolute atomic E-state index is 0.000172. The van der Waals surface area contributed by atoms with Gasteiger partial charge in [0.2, 0.25) is 11.6 Å². The van der Waals surface area contributed by atoms with Crippen molar-refractivity contribution in [2.45, 2.75) is 78.7 Å². The lowest BCUT2D eigenvalue weighted by Crippen LogP contribution is -2.32. The maximum atomic E-state index is 12.5. The lowest BCUT2D eigenvalue weighted by atomic mass is 9.71. The van der Waals surface area contributed by atoms with Crippen molar-refractivity contribution >= 4 is 17.3 Å². The minimum atomic E-state index is -0.754. The Balaban J connectivity index is 1.81. The van der Waals surface area contributed by atoms with Crippen molar-refractivity contribution in [3.8, 4) is 11.5 Å². The number of aromatic hydroxyl groups is 1. The second-order valence-corrected chi connectivity index (χ2v) is 10.1. The second-order valence-electron chi connectivity index (χ2n) is 10.1. The van der Waals surface area contributed by atoms with Crippen LogP contribution in [0.1, 0.15) is 88.7 Å². The quantitative estimate of drug-likeness (QED) is 0.484. The van der Waals surface area contributed by atoms with Crippen LogP contribution < -0.4 is 4.74 Å². The third-order valence-electron chi connectivity index (χ3n) is 8.56. The molecule has 1 aromatic rings. The van der Waals surface area contributed by atoms with E-state index in [-0.39, 0.29) is 39.7 Å². The molecule has 3 aliphatic rings. The van der Waals surface area contributed by atoms with Gasteiger partial charge in [0.1, 0.15) is 23.4 Å². The van der Waals surface area contributed by atoms with E-state index >= 15 is 0 Å². The average Bonchev–Trinajstić information content (AvgIpc) is 3.20. The van der Waals surface area contributed by atoms with Gasteiger partial charge in [-0.2, -0.15) is 0 Å². The third kappa shape index (κ3) is 2.89. The number of carbonyl (C=O) groups is 2. The Bertz CT molecular complexity index is 1060. The molecule has 1 fully saturated rings. The molecule has 31 heavy (non-hydrogen) atoms. The highest BCUT2D eigenvalue weighted by Crippen LogP contribution is 2.55. The zero-order valence-corrected chi connectivity index (χ0v) is 19.3. The lowest BCUT2D eigenvalue weighted by molar-refractivity contribution is -0.111. The second kappa shape index (κ2) is 6.98. The molecule has 0 bridgehead atoms. The first kappa shape index (κ1) is 21.7. The molecule has 1 saturated carbocycles. The Kier molecular flexibility index (Phi) is 4.87. The maximum absolute atomic E-state index is 12.5. The van der Waals surface area contributed by atoms with Crippen LogP contribution in [0.4, 0.5) is 0 Å². The summed E-state index contributed by atoms with van der Waals surface area (Å²) in [6.07, 6.45) is 6.32. The molecule has 1 aromatic carbocycles. The number of ether oxygens (including phenoxy) is 1. The first-order valence-electron chi connectivity index (χ1n) is 11.2. The van der Waals surface area contributed by atoms with Crippen molar-refractivity contribution in [2.24, 2.45) is 11.3 Å². The summed E-state index contributed by atoms with van der Waals surface area (Å²) >= 11 is 0. The number of phenols is 1. The number of benzene rings is 1. The van der Waals surface area contributed by atoms with Crippen LogP contribution >= 0.6 is 0 Å². The SMILES string of the molecule is CC1=C(O)c2c(cc(O)c3c2O[C@H](C)[C@@]3(C)C/C=C(\C)C2(C)CCCC2C)C(=O)C1=O. The number of aliphatic hydroxyl groups excluding tert-OH is 1. The summed E-state index contributed by atoms with van der Waals surface area (Å²) < 4.78 is 6.16. The van der Waals surface area contributed by atoms with Gasteiger partial charge in [-0.3, -0.25) is 9.59 Å². The molecule has 0 saturated heterocycles. The maximum Gasteiger partial charge on any atom is 0.234 e. The molecule has 0 aromatic heterocycles. The van der Waals surface area contributed by atoms with Crippen LogP contribution in [0.5, 0.6) is 11.5 Å². The first-order valence-corrected chi connectivity index (χ1v) is 11.2.